The second-order valence-electron chi connectivity index (χ2n) is 12.9. The molecular formula is C37H51F2N3O5. The molecular weight excluding hydrogens is 604 g/mol. The van der Waals surface area contributed by atoms with Crippen LogP contribution in [0.4, 0.5) is 8.78 Å². The Labute approximate surface area is 277 Å². The molecule has 258 valence electrons. The van der Waals surface area contributed by atoms with Crippen molar-refractivity contribution in [3.8, 4) is 0 Å². The van der Waals surface area contributed by atoms with Crippen LogP contribution in [-0.4, -0.2) is 65.8 Å². The van der Waals surface area contributed by atoms with Gasteiger partial charge in [0.25, 0.3) is 11.8 Å². The molecule has 3 rings (SSSR count). The van der Waals surface area contributed by atoms with Crippen molar-refractivity contribution in [2.24, 2.45) is 17.8 Å². The van der Waals surface area contributed by atoms with E-state index in [1.807, 2.05) is 20.8 Å². The van der Waals surface area contributed by atoms with E-state index in [-0.39, 0.29) is 47.6 Å². The second kappa shape index (κ2) is 19.2. The fourth-order valence-electron chi connectivity index (χ4n) is 6.43. The van der Waals surface area contributed by atoms with Gasteiger partial charge in [-0.2, -0.15) is 0 Å². The zero-order valence-electron chi connectivity index (χ0n) is 28.0. The third-order valence-corrected chi connectivity index (χ3v) is 8.99. The van der Waals surface area contributed by atoms with Gasteiger partial charge in [-0.05, 0) is 99.6 Å². The first-order valence-corrected chi connectivity index (χ1v) is 17.1. The Kier molecular flexibility index (Phi) is 15.5. The monoisotopic (exact) mass is 655 g/mol. The number of nitrogens with one attached hydrogen (secondary N) is 2. The van der Waals surface area contributed by atoms with Gasteiger partial charge in [0.15, 0.2) is 0 Å². The number of rotatable bonds is 18. The predicted molar refractivity (Wildman–Crippen MR) is 178 cm³/mol. The Bertz CT molecular complexity index is 1300. The molecule has 0 radical (unpaired) electrons. The lowest BCUT2D eigenvalue weighted by Crippen LogP contribution is -2.47. The molecule has 2 aromatic rings. The van der Waals surface area contributed by atoms with Crippen LogP contribution < -0.4 is 10.6 Å². The molecule has 3 atom stereocenters. The summed E-state index contributed by atoms with van der Waals surface area (Å²) in [6, 6.07) is 8.43. The summed E-state index contributed by atoms with van der Waals surface area (Å²) in [6.45, 7) is 7.61. The van der Waals surface area contributed by atoms with Crippen LogP contribution >= 0.6 is 0 Å². The number of carbonyl (C=O) groups is 4. The van der Waals surface area contributed by atoms with E-state index < -0.39 is 35.6 Å². The van der Waals surface area contributed by atoms with E-state index in [4.69, 9.17) is 0 Å². The van der Waals surface area contributed by atoms with Crippen molar-refractivity contribution < 1.29 is 33.1 Å². The number of carbonyl (C=O) groups excluding carboxylic acids is 4. The molecule has 2 aromatic carbocycles. The molecule has 0 heterocycles. The van der Waals surface area contributed by atoms with Crippen molar-refractivity contribution in [2.45, 2.75) is 97.1 Å². The maximum atomic E-state index is 14.1. The van der Waals surface area contributed by atoms with E-state index in [1.54, 1.807) is 23.1 Å². The van der Waals surface area contributed by atoms with Crippen LogP contribution in [0.25, 0.3) is 0 Å². The molecule has 0 aliphatic heterocycles. The molecule has 10 heteroatoms. The molecule has 0 saturated heterocycles. The zero-order chi connectivity index (χ0) is 34.3. The van der Waals surface area contributed by atoms with E-state index in [0.29, 0.717) is 38.0 Å². The van der Waals surface area contributed by atoms with Gasteiger partial charge >= 0.3 is 0 Å². The molecule has 3 N–H and O–H groups in total. The van der Waals surface area contributed by atoms with Gasteiger partial charge in [-0.25, -0.2) is 8.78 Å². The van der Waals surface area contributed by atoms with Gasteiger partial charge < -0.3 is 25.4 Å². The van der Waals surface area contributed by atoms with Crippen LogP contribution in [0.1, 0.15) is 105 Å². The molecule has 47 heavy (non-hydrogen) atoms. The molecule has 1 saturated carbocycles. The smallest absolute Gasteiger partial charge is 0.253 e. The summed E-state index contributed by atoms with van der Waals surface area (Å²) in [4.78, 5) is 52.9. The summed E-state index contributed by atoms with van der Waals surface area (Å²) in [7, 11) is 0. The highest BCUT2D eigenvalue weighted by molar-refractivity contribution is 5.99. The summed E-state index contributed by atoms with van der Waals surface area (Å²) in [5, 5.41) is 17.3. The Morgan fingerprint density at radius 3 is 2.17 bits per heavy atom. The van der Waals surface area contributed by atoms with Crippen molar-refractivity contribution in [3.05, 3.63) is 70.8 Å². The lowest BCUT2D eigenvalue weighted by Gasteiger charge is -2.29. The van der Waals surface area contributed by atoms with Gasteiger partial charge in [-0.15, -0.1) is 0 Å². The van der Waals surface area contributed by atoms with Crippen molar-refractivity contribution in [1.29, 1.82) is 0 Å². The fourth-order valence-corrected chi connectivity index (χ4v) is 6.43. The van der Waals surface area contributed by atoms with E-state index in [0.717, 1.165) is 63.0 Å². The number of benzene rings is 2. The van der Waals surface area contributed by atoms with Gasteiger partial charge in [0.1, 0.15) is 17.9 Å². The fraction of sp³-hybridized carbons (Fsp3) is 0.568. The topological polar surface area (TPSA) is 116 Å². The van der Waals surface area contributed by atoms with E-state index in [9.17, 15) is 33.1 Å². The van der Waals surface area contributed by atoms with Gasteiger partial charge in [-0.1, -0.05) is 33.3 Å². The van der Waals surface area contributed by atoms with Gasteiger partial charge in [0.05, 0.1) is 12.1 Å². The van der Waals surface area contributed by atoms with Crippen LogP contribution in [0, 0.1) is 29.4 Å². The van der Waals surface area contributed by atoms with Gasteiger partial charge in [0, 0.05) is 48.7 Å². The molecule has 1 aliphatic carbocycles. The lowest BCUT2D eigenvalue weighted by atomic mass is 9.82. The number of aliphatic hydroxyl groups is 1. The first-order chi connectivity index (χ1) is 22.6. The largest absolute Gasteiger partial charge is 0.391 e. The number of hydrogen-bond donors (Lipinski definition) is 3. The van der Waals surface area contributed by atoms with Crippen molar-refractivity contribution >= 4 is 24.0 Å². The first-order valence-electron chi connectivity index (χ1n) is 17.1. The highest BCUT2D eigenvalue weighted by Gasteiger charge is 2.30. The molecule has 0 bridgehead atoms. The van der Waals surface area contributed by atoms with Crippen molar-refractivity contribution in [2.75, 3.05) is 19.6 Å². The number of aliphatic hydroxyl groups excluding tert-OH is 1. The minimum Gasteiger partial charge on any atom is -0.391 e. The normalized spacial score (nSPS) is 18.1. The lowest BCUT2D eigenvalue weighted by molar-refractivity contribution is -0.126. The summed E-state index contributed by atoms with van der Waals surface area (Å²) >= 11 is 0. The van der Waals surface area contributed by atoms with Crippen molar-refractivity contribution in [1.82, 2.24) is 15.5 Å². The highest BCUT2D eigenvalue weighted by Crippen LogP contribution is 2.27. The standard InChI is InChI=1S/C37H51F2N3O5/c1-4-8-28(35(45)40-23-25-11-13-26(24-43)14-12-25)21-34(44)33(19-27-17-31(38)22-32(39)18-27)41-36(46)29-9-7-10-30(20-29)37(47)42(15-5-2)16-6-3/h7,9-10,17-18,20,22,24-26,28,33-34,44H,4-6,8,11-16,19,21,23H2,1-3H3,(H,40,45)(H,41,46). The molecule has 3 amide bonds. The molecule has 0 aromatic heterocycles. The van der Waals surface area contributed by atoms with E-state index in [2.05, 4.69) is 10.6 Å². The van der Waals surface area contributed by atoms with Crippen LogP contribution in [0.3, 0.4) is 0 Å². The molecule has 8 nitrogen and oxygen atoms in total. The van der Waals surface area contributed by atoms with E-state index >= 15 is 0 Å². The quantitative estimate of drug-likeness (QED) is 0.174. The molecule has 0 spiro atoms. The maximum Gasteiger partial charge on any atom is 0.253 e. The Morgan fingerprint density at radius 1 is 0.936 bits per heavy atom. The average molecular weight is 656 g/mol. The van der Waals surface area contributed by atoms with Gasteiger partial charge in [-0.3, -0.25) is 14.4 Å². The molecule has 1 fully saturated rings. The minimum atomic E-state index is -1.22. The number of hydrogen-bond acceptors (Lipinski definition) is 5. The summed E-state index contributed by atoms with van der Waals surface area (Å²) < 4.78 is 28.2. The minimum absolute atomic E-state index is 0.0296. The SMILES string of the molecule is CCCC(CC(O)C(Cc1cc(F)cc(F)c1)NC(=O)c1cccc(C(=O)N(CCC)CCC)c1)C(=O)NCC1CCC(C=O)CC1. The van der Waals surface area contributed by atoms with Gasteiger partial charge in [0.2, 0.25) is 5.91 Å². The van der Waals surface area contributed by atoms with Crippen LogP contribution in [0.2, 0.25) is 0 Å². The van der Waals surface area contributed by atoms with Crippen LogP contribution in [0.15, 0.2) is 42.5 Å². The van der Waals surface area contributed by atoms with E-state index in [1.165, 1.54) is 6.07 Å². The Balaban J connectivity index is 1.77. The highest BCUT2D eigenvalue weighted by atomic mass is 19.1. The number of amides is 3. The Hall–Kier alpha value is -3.66. The average Bonchev–Trinajstić information content (AvgIpc) is 3.06. The number of nitrogens with zero attached hydrogens (tertiary/aromatic N) is 1. The summed E-state index contributed by atoms with van der Waals surface area (Å²) in [5.74, 6) is -2.66. The summed E-state index contributed by atoms with van der Waals surface area (Å²) in [6.07, 6.45) is 5.89. The summed E-state index contributed by atoms with van der Waals surface area (Å²) in [5.41, 5.74) is 0.815. The first kappa shape index (κ1) is 37.8. The number of aldehydes is 1. The molecule has 1 aliphatic rings. The third kappa shape index (κ3) is 11.8. The van der Waals surface area contributed by atoms with Crippen molar-refractivity contribution in [3.63, 3.8) is 0 Å². The Morgan fingerprint density at radius 2 is 1.57 bits per heavy atom. The predicted octanol–water partition coefficient (Wildman–Crippen LogP) is 5.86. The molecule has 3 unspecified atom stereocenters. The second-order valence-corrected chi connectivity index (χ2v) is 12.9. The number of halogens is 2. The maximum absolute atomic E-state index is 14.1. The zero-order valence-corrected chi connectivity index (χ0v) is 28.0. The van der Waals surface area contributed by atoms with Crippen LogP contribution in [0.5, 0.6) is 0 Å². The van der Waals surface area contributed by atoms with Crippen LogP contribution in [-0.2, 0) is 16.0 Å². The third-order valence-electron chi connectivity index (χ3n) is 8.99.